The first-order valence-electron chi connectivity index (χ1n) is 9.54. The van der Waals surface area contributed by atoms with Crippen LogP contribution in [-0.2, 0) is 16.0 Å². The van der Waals surface area contributed by atoms with Crippen LogP contribution in [0.5, 0.6) is 11.6 Å². The predicted octanol–water partition coefficient (Wildman–Crippen LogP) is 4.98. The van der Waals surface area contributed by atoms with Crippen molar-refractivity contribution in [2.75, 3.05) is 10.6 Å². The molecule has 3 N–H and O–H groups in total. The molecule has 0 unspecified atom stereocenters. The molecule has 0 saturated heterocycles. The maximum absolute atomic E-state index is 11.6. The number of hydrogen-bond acceptors (Lipinski definition) is 7. The fraction of sp³-hybridized carbons (Fsp3) is 0.0435. The number of thiophene rings is 1. The average Bonchev–Trinajstić information content (AvgIpc) is 3.24. The van der Waals surface area contributed by atoms with Crippen molar-refractivity contribution in [3.05, 3.63) is 78.2 Å². The Morgan fingerprint density at radius 2 is 1.91 bits per heavy atom. The van der Waals surface area contributed by atoms with E-state index in [2.05, 4.69) is 27.2 Å². The van der Waals surface area contributed by atoms with Crippen molar-refractivity contribution in [1.29, 1.82) is 0 Å². The van der Waals surface area contributed by atoms with Gasteiger partial charge in [0.15, 0.2) is 0 Å². The minimum absolute atomic E-state index is 0.0397. The number of amides is 1. The summed E-state index contributed by atoms with van der Waals surface area (Å²) in [5.41, 5.74) is 2.71. The molecule has 0 radical (unpaired) electrons. The van der Waals surface area contributed by atoms with Gasteiger partial charge in [0.1, 0.15) is 10.4 Å². The van der Waals surface area contributed by atoms with Crippen molar-refractivity contribution in [3.8, 4) is 11.6 Å². The molecule has 4 aromatic rings. The number of carboxylic acids is 1. The van der Waals surface area contributed by atoms with E-state index in [4.69, 9.17) is 9.84 Å². The second-order valence-corrected chi connectivity index (χ2v) is 7.62. The van der Waals surface area contributed by atoms with Gasteiger partial charge in [0.25, 0.3) is 0 Å². The summed E-state index contributed by atoms with van der Waals surface area (Å²) in [5, 5.41) is 16.6. The highest BCUT2D eigenvalue weighted by molar-refractivity contribution is 7.17. The van der Waals surface area contributed by atoms with Crippen LogP contribution in [0, 0.1) is 0 Å². The Kier molecular flexibility index (Phi) is 6.09. The summed E-state index contributed by atoms with van der Waals surface area (Å²) in [4.78, 5) is 31.4. The van der Waals surface area contributed by atoms with Gasteiger partial charge in [-0.3, -0.25) is 9.59 Å². The minimum Gasteiger partial charge on any atom is -0.481 e. The molecule has 0 atom stereocenters. The first-order valence-corrected chi connectivity index (χ1v) is 10.4. The number of carbonyl (C=O) groups is 2. The van der Waals surface area contributed by atoms with Crippen LogP contribution in [-0.4, -0.2) is 27.0 Å². The van der Waals surface area contributed by atoms with Gasteiger partial charge in [-0.1, -0.05) is 24.8 Å². The summed E-state index contributed by atoms with van der Waals surface area (Å²) >= 11 is 1.46. The zero-order valence-electron chi connectivity index (χ0n) is 16.7. The summed E-state index contributed by atoms with van der Waals surface area (Å²) in [6.45, 7) is 3.44. The summed E-state index contributed by atoms with van der Waals surface area (Å²) in [5.74, 6) is 0.0250. The Morgan fingerprint density at radius 3 is 2.66 bits per heavy atom. The molecule has 2 heterocycles. The first-order chi connectivity index (χ1) is 15.5. The molecule has 2 aromatic carbocycles. The second kappa shape index (κ2) is 9.27. The largest absolute Gasteiger partial charge is 0.481 e. The summed E-state index contributed by atoms with van der Waals surface area (Å²) < 4.78 is 6.81. The molecule has 0 bridgehead atoms. The number of aromatic nitrogens is 2. The van der Waals surface area contributed by atoms with Gasteiger partial charge in [0.05, 0.1) is 11.9 Å². The van der Waals surface area contributed by atoms with E-state index in [0.717, 1.165) is 10.2 Å². The molecule has 0 aliphatic rings. The van der Waals surface area contributed by atoms with E-state index in [1.807, 2.05) is 11.4 Å². The highest BCUT2D eigenvalue weighted by atomic mass is 32.1. The predicted molar refractivity (Wildman–Crippen MR) is 124 cm³/mol. The molecular formula is C23H18N4O4S. The SMILES string of the molecule is C=CC(=O)Nc1cccc(Oc2nc(Nc3ccc(CC(=O)O)cc3)nc3ccsc23)c1. The van der Waals surface area contributed by atoms with E-state index in [1.54, 1.807) is 48.5 Å². The molecule has 0 aliphatic carbocycles. The number of nitrogens with one attached hydrogen (secondary N) is 2. The van der Waals surface area contributed by atoms with Gasteiger partial charge < -0.3 is 20.5 Å². The van der Waals surface area contributed by atoms with E-state index in [1.165, 1.54) is 17.4 Å². The molecule has 0 spiro atoms. The number of aliphatic carboxylic acids is 1. The maximum Gasteiger partial charge on any atom is 0.307 e. The lowest BCUT2D eigenvalue weighted by atomic mass is 10.1. The smallest absolute Gasteiger partial charge is 0.307 e. The van der Waals surface area contributed by atoms with Gasteiger partial charge in [-0.2, -0.15) is 4.98 Å². The van der Waals surface area contributed by atoms with Crippen molar-refractivity contribution >= 4 is 50.8 Å². The summed E-state index contributed by atoms with van der Waals surface area (Å²) in [7, 11) is 0. The molecule has 8 nitrogen and oxygen atoms in total. The number of fused-ring (bicyclic) bond motifs is 1. The molecule has 2 aromatic heterocycles. The van der Waals surface area contributed by atoms with Crippen LogP contribution in [0.2, 0.25) is 0 Å². The maximum atomic E-state index is 11.6. The van der Waals surface area contributed by atoms with Crippen molar-refractivity contribution in [2.24, 2.45) is 0 Å². The Balaban J connectivity index is 1.58. The quantitative estimate of drug-likeness (QED) is 0.327. The van der Waals surface area contributed by atoms with Crippen molar-refractivity contribution < 1.29 is 19.4 Å². The Labute approximate surface area is 187 Å². The van der Waals surface area contributed by atoms with Gasteiger partial charge >= 0.3 is 5.97 Å². The van der Waals surface area contributed by atoms with Crippen molar-refractivity contribution in [3.63, 3.8) is 0 Å². The lowest BCUT2D eigenvalue weighted by Gasteiger charge is -2.11. The molecule has 160 valence electrons. The number of carbonyl (C=O) groups excluding carboxylic acids is 1. The zero-order valence-corrected chi connectivity index (χ0v) is 17.6. The first kappa shape index (κ1) is 21.0. The Morgan fingerprint density at radius 1 is 1.09 bits per heavy atom. The van der Waals surface area contributed by atoms with Gasteiger partial charge in [0, 0.05) is 17.4 Å². The van der Waals surface area contributed by atoms with Crippen LogP contribution in [0.15, 0.2) is 72.6 Å². The number of ether oxygens (including phenoxy) is 1. The summed E-state index contributed by atoms with van der Waals surface area (Å²) in [6.07, 6.45) is 1.15. The normalized spacial score (nSPS) is 10.5. The third-order valence-electron chi connectivity index (χ3n) is 4.34. The monoisotopic (exact) mass is 446 g/mol. The van der Waals surface area contributed by atoms with E-state index in [9.17, 15) is 9.59 Å². The molecule has 0 aliphatic heterocycles. The minimum atomic E-state index is -0.883. The molecule has 0 saturated carbocycles. The Hall–Kier alpha value is -4.24. The standard InChI is InChI=1S/C23H18N4O4S/c1-2-19(28)24-16-4-3-5-17(13-16)31-22-21-18(10-11-32-21)26-23(27-22)25-15-8-6-14(7-9-15)12-20(29)30/h2-11,13H,1,12H2,(H,24,28)(H,29,30)(H,25,26,27). The molecule has 9 heteroatoms. The lowest BCUT2D eigenvalue weighted by molar-refractivity contribution is -0.136. The molecular weight excluding hydrogens is 428 g/mol. The molecule has 4 rings (SSSR count). The van der Waals surface area contributed by atoms with Gasteiger partial charge in [-0.25, -0.2) is 4.98 Å². The molecule has 1 amide bonds. The van der Waals surface area contributed by atoms with Crippen LogP contribution >= 0.6 is 11.3 Å². The van der Waals surface area contributed by atoms with Crippen molar-refractivity contribution in [1.82, 2.24) is 9.97 Å². The van der Waals surface area contributed by atoms with Gasteiger partial charge in [0.2, 0.25) is 17.7 Å². The third kappa shape index (κ3) is 5.08. The average molecular weight is 446 g/mol. The number of rotatable bonds is 8. The van der Waals surface area contributed by atoms with E-state index >= 15 is 0 Å². The number of carboxylic acid groups (broad SMARTS) is 1. The van der Waals surface area contributed by atoms with Crippen LogP contribution in [0.3, 0.4) is 0 Å². The number of anilines is 3. The number of benzene rings is 2. The summed E-state index contributed by atoms with van der Waals surface area (Å²) in [6, 6.07) is 15.8. The van der Waals surface area contributed by atoms with Gasteiger partial charge in [-0.05, 0) is 47.4 Å². The lowest BCUT2D eigenvalue weighted by Crippen LogP contribution is -2.07. The fourth-order valence-corrected chi connectivity index (χ4v) is 3.67. The van der Waals surface area contributed by atoms with Crippen LogP contribution < -0.4 is 15.4 Å². The molecule has 32 heavy (non-hydrogen) atoms. The highest BCUT2D eigenvalue weighted by Gasteiger charge is 2.12. The topological polar surface area (TPSA) is 113 Å². The van der Waals surface area contributed by atoms with Crippen LogP contribution in [0.25, 0.3) is 10.2 Å². The van der Waals surface area contributed by atoms with E-state index in [0.29, 0.717) is 34.5 Å². The Bertz CT molecular complexity index is 1300. The molecule has 0 fully saturated rings. The van der Waals surface area contributed by atoms with Gasteiger partial charge in [-0.15, -0.1) is 11.3 Å². The van der Waals surface area contributed by atoms with Crippen LogP contribution in [0.1, 0.15) is 5.56 Å². The van der Waals surface area contributed by atoms with Crippen LogP contribution in [0.4, 0.5) is 17.3 Å². The number of hydrogen-bond donors (Lipinski definition) is 3. The highest BCUT2D eigenvalue weighted by Crippen LogP contribution is 2.33. The third-order valence-corrected chi connectivity index (χ3v) is 5.23. The van der Waals surface area contributed by atoms with Crippen molar-refractivity contribution in [2.45, 2.75) is 6.42 Å². The number of nitrogens with zero attached hydrogens (tertiary/aromatic N) is 2. The zero-order chi connectivity index (χ0) is 22.5. The fourth-order valence-electron chi connectivity index (χ4n) is 2.91. The van der Waals surface area contributed by atoms with E-state index in [-0.39, 0.29) is 12.3 Å². The van der Waals surface area contributed by atoms with E-state index < -0.39 is 5.97 Å². The second-order valence-electron chi connectivity index (χ2n) is 6.70.